The zero-order valence-corrected chi connectivity index (χ0v) is 14.1. The summed E-state index contributed by atoms with van der Waals surface area (Å²) in [7, 11) is 0. The summed E-state index contributed by atoms with van der Waals surface area (Å²) < 4.78 is 16.1. The second-order valence-corrected chi connectivity index (χ2v) is 6.69. The Kier molecular flexibility index (Phi) is 4.91. The van der Waals surface area contributed by atoms with Gasteiger partial charge in [0, 0.05) is 31.0 Å². The highest BCUT2D eigenvalue weighted by molar-refractivity contribution is 5.32. The Morgan fingerprint density at radius 1 is 1.42 bits per heavy atom. The molecular formula is C18H22FN5. The number of hydrogen-bond acceptors (Lipinski definition) is 4. The van der Waals surface area contributed by atoms with Crippen LogP contribution in [0.5, 0.6) is 0 Å². The molecule has 5 nitrogen and oxygen atoms in total. The van der Waals surface area contributed by atoms with Gasteiger partial charge in [-0.3, -0.25) is 0 Å². The van der Waals surface area contributed by atoms with Crippen molar-refractivity contribution in [3.8, 4) is 6.07 Å². The molecule has 2 aromatic rings. The average Bonchev–Trinajstić information content (AvgIpc) is 2.99. The van der Waals surface area contributed by atoms with Crippen LogP contribution in [0.1, 0.15) is 49.0 Å². The third-order valence-electron chi connectivity index (χ3n) is 4.52. The van der Waals surface area contributed by atoms with E-state index in [0.29, 0.717) is 29.5 Å². The van der Waals surface area contributed by atoms with E-state index in [1.807, 2.05) is 6.07 Å². The summed E-state index contributed by atoms with van der Waals surface area (Å²) in [5.74, 6) is 2.66. The molecule has 3 rings (SSSR count). The molecule has 0 bridgehead atoms. The number of nitriles is 1. The van der Waals surface area contributed by atoms with Crippen molar-refractivity contribution in [3.05, 3.63) is 46.8 Å². The van der Waals surface area contributed by atoms with Gasteiger partial charge >= 0.3 is 0 Å². The lowest BCUT2D eigenvalue weighted by Gasteiger charge is -2.25. The molecule has 1 aromatic heterocycles. The first kappa shape index (κ1) is 16.6. The molecular weight excluding hydrogens is 305 g/mol. The largest absolute Gasteiger partial charge is 0.314 e. The number of halogens is 1. The monoisotopic (exact) mass is 327 g/mol. The molecule has 1 atom stereocenters. The number of benzene rings is 1. The summed E-state index contributed by atoms with van der Waals surface area (Å²) in [4.78, 5) is 0. The van der Waals surface area contributed by atoms with Gasteiger partial charge < -0.3 is 9.88 Å². The molecule has 0 aliphatic carbocycles. The van der Waals surface area contributed by atoms with E-state index in [4.69, 9.17) is 5.26 Å². The van der Waals surface area contributed by atoms with Crippen molar-refractivity contribution in [2.45, 2.75) is 45.7 Å². The van der Waals surface area contributed by atoms with E-state index in [0.717, 1.165) is 37.6 Å². The molecule has 0 unspecified atom stereocenters. The van der Waals surface area contributed by atoms with Crippen LogP contribution in [0.15, 0.2) is 18.2 Å². The van der Waals surface area contributed by atoms with E-state index >= 15 is 0 Å². The first-order valence-corrected chi connectivity index (χ1v) is 8.39. The van der Waals surface area contributed by atoms with E-state index in [1.54, 1.807) is 12.1 Å². The maximum atomic E-state index is 13.9. The van der Waals surface area contributed by atoms with Gasteiger partial charge in [0.2, 0.25) is 0 Å². The van der Waals surface area contributed by atoms with Crippen molar-refractivity contribution in [2.24, 2.45) is 5.92 Å². The van der Waals surface area contributed by atoms with Crippen LogP contribution in [0.4, 0.5) is 4.39 Å². The Morgan fingerprint density at radius 2 is 2.25 bits per heavy atom. The zero-order chi connectivity index (χ0) is 17.1. The maximum absolute atomic E-state index is 13.9. The second kappa shape index (κ2) is 7.10. The van der Waals surface area contributed by atoms with Crippen LogP contribution in [0.2, 0.25) is 0 Å². The zero-order valence-electron chi connectivity index (χ0n) is 14.1. The number of aromatic nitrogens is 3. The van der Waals surface area contributed by atoms with Crippen molar-refractivity contribution in [1.82, 2.24) is 20.1 Å². The lowest BCUT2D eigenvalue weighted by atomic mass is 9.98. The fourth-order valence-corrected chi connectivity index (χ4v) is 3.18. The third-order valence-corrected chi connectivity index (χ3v) is 4.52. The Bertz CT molecular complexity index is 759. The molecule has 0 fully saturated rings. The highest BCUT2D eigenvalue weighted by Crippen LogP contribution is 2.23. The van der Waals surface area contributed by atoms with E-state index in [2.05, 4.69) is 33.9 Å². The number of fused-ring (bicyclic) bond motifs is 1. The van der Waals surface area contributed by atoms with Gasteiger partial charge in [-0.1, -0.05) is 19.9 Å². The molecule has 1 aliphatic heterocycles. The minimum absolute atomic E-state index is 0.326. The lowest BCUT2D eigenvalue weighted by Crippen LogP contribution is -2.31. The molecule has 1 N–H and O–H groups in total. The van der Waals surface area contributed by atoms with Crippen LogP contribution in [0.25, 0.3) is 0 Å². The number of nitrogens with one attached hydrogen (secondary N) is 1. The summed E-state index contributed by atoms with van der Waals surface area (Å²) in [5, 5.41) is 20.7. The molecule has 0 radical (unpaired) electrons. The van der Waals surface area contributed by atoms with Crippen molar-refractivity contribution < 1.29 is 4.39 Å². The predicted molar refractivity (Wildman–Crippen MR) is 88.7 cm³/mol. The van der Waals surface area contributed by atoms with Gasteiger partial charge in [-0.15, -0.1) is 10.2 Å². The summed E-state index contributed by atoms with van der Waals surface area (Å²) in [6, 6.07) is 6.57. The molecule has 1 aromatic carbocycles. The molecule has 24 heavy (non-hydrogen) atoms. The average molecular weight is 327 g/mol. The van der Waals surface area contributed by atoms with Gasteiger partial charge in [-0.2, -0.15) is 5.26 Å². The van der Waals surface area contributed by atoms with Crippen molar-refractivity contribution >= 4 is 0 Å². The van der Waals surface area contributed by atoms with Crippen molar-refractivity contribution in [1.29, 1.82) is 5.26 Å². The fraction of sp³-hybridized carbons (Fsp3) is 0.500. The molecule has 0 saturated carbocycles. The number of hydrogen-bond donors (Lipinski definition) is 1. The smallest absolute Gasteiger partial charge is 0.135 e. The molecule has 0 spiro atoms. The minimum Gasteiger partial charge on any atom is -0.314 e. The van der Waals surface area contributed by atoms with Crippen molar-refractivity contribution in [2.75, 3.05) is 6.54 Å². The van der Waals surface area contributed by atoms with E-state index < -0.39 is 0 Å². The number of rotatable bonds is 5. The number of aryl methyl sites for hydroxylation is 1. The highest BCUT2D eigenvalue weighted by atomic mass is 19.1. The molecule has 6 heteroatoms. The molecule has 1 aliphatic rings. The van der Waals surface area contributed by atoms with Gasteiger partial charge in [-0.05, 0) is 31.0 Å². The Morgan fingerprint density at radius 3 is 2.96 bits per heavy atom. The van der Waals surface area contributed by atoms with Crippen LogP contribution < -0.4 is 5.32 Å². The third kappa shape index (κ3) is 3.46. The summed E-state index contributed by atoms with van der Waals surface area (Å²) in [5.41, 5.74) is 0.947. The standard InChI is InChI=1S/C18H22FN5/c1-12(2)18-23-22-17-6-4-14(11-24(17)18)9-21-10-15-5-3-13(8-20)7-16(15)19/h3,5,7,12,14,21H,4,6,9-11H2,1-2H3/t14-/m0/s1. The molecule has 0 saturated heterocycles. The first-order chi connectivity index (χ1) is 11.6. The summed E-state index contributed by atoms with van der Waals surface area (Å²) in [6.07, 6.45) is 2.01. The first-order valence-electron chi connectivity index (χ1n) is 8.39. The van der Waals surface area contributed by atoms with Crippen LogP contribution in [-0.2, 0) is 19.5 Å². The lowest BCUT2D eigenvalue weighted by molar-refractivity contribution is 0.339. The molecule has 126 valence electrons. The van der Waals surface area contributed by atoms with Crippen LogP contribution >= 0.6 is 0 Å². The van der Waals surface area contributed by atoms with Gasteiger partial charge in [0.1, 0.15) is 17.5 Å². The maximum Gasteiger partial charge on any atom is 0.135 e. The Balaban J connectivity index is 1.56. The van der Waals surface area contributed by atoms with E-state index in [1.165, 1.54) is 6.07 Å². The second-order valence-electron chi connectivity index (χ2n) is 6.69. The van der Waals surface area contributed by atoms with Crippen LogP contribution in [-0.4, -0.2) is 21.3 Å². The van der Waals surface area contributed by atoms with Gasteiger partial charge in [0.05, 0.1) is 11.6 Å². The highest BCUT2D eigenvalue weighted by Gasteiger charge is 2.23. The molecule has 0 amide bonds. The summed E-state index contributed by atoms with van der Waals surface area (Å²) in [6.45, 7) is 6.48. The van der Waals surface area contributed by atoms with Gasteiger partial charge in [0.15, 0.2) is 0 Å². The van der Waals surface area contributed by atoms with Gasteiger partial charge in [0.25, 0.3) is 0 Å². The normalized spacial score (nSPS) is 16.9. The molecule has 2 heterocycles. The summed E-state index contributed by atoms with van der Waals surface area (Å²) >= 11 is 0. The fourth-order valence-electron chi connectivity index (χ4n) is 3.18. The Labute approximate surface area is 141 Å². The topological polar surface area (TPSA) is 66.5 Å². The van der Waals surface area contributed by atoms with Crippen LogP contribution in [0, 0.1) is 23.1 Å². The van der Waals surface area contributed by atoms with Crippen LogP contribution in [0.3, 0.4) is 0 Å². The predicted octanol–water partition coefficient (Wildman–Crippen LogP) is 2.76. The quantitative estimate of drug-likeness (QED) is 0.917. The minimum atomic E-state index is -0.326. The van der Waals surface area contributed by atoms with E-state index in [-0.39, 0.29) is 5.82 Å². The van der Waals surface area contributed by atoms with E-state index in [9.17, 15) is 4.39 Å². The Hall–Kier alpha value is -2.26. The SMILES string of the molecule is CC(C)c1nnc2n1C[C@H](CNCc1ccc(C#N)cc1F)CC2. The van der Waals surface area contributed by atoms with Crippen molar-refractivity contribution in [3.63, 3.8) is 0 Å². The van der Waals surface area contributed by atoms with Gasteiger partial charge in [-0.25, -0.2) is 4.39 Å². The number of nitrogens with zero attached hydrogens (tertiary/aromatic N) is 4.